The third-order valence-electron chi connectivity index (χ3n) is 4.72. The van der Waals surface area contributed by atoms with Crippen molar-refractivity contribution in [2.75, 3.05) is 13.1 Å². The lowest BCUT2D eigenvalue weighted by Crippen LogP contribution is -2.33. The van der Waals surface area contributed by atoms with Crippen LogP contribution in [0.3, 0.4) is 0 Å². The van der Waals surface area contributed by atoms with Gasteiger partial charge in [-0.05, 0) is 31.7 Å². The smallest absolute Gasteiger partial charge is 0.123 e. The van der Waals surface area contributed by atoms with Crippen LogP contribution in [0.25, 0.3) is 0 Å². The summed E-state index contributed by atoms with van der Waals surface area (Å²) in [5.74, 6) is 1.82. The summed E-state index contributed by atoms with van der Waals surface area (Å²) >= 11 is 0. The molecule has 0 radical (unpaired) electrons. The summed E-state index contributed by atoms with van der Waals surface area (Å²) < 4.78 is 0. The zero-order valence-electron chi connectivity index (χ0n) is 11.6. The van der Waals surface area contributed by atoms with Gasteiger partial charge >= 0.3 is 0 Å². The molecule has 0 bridgehead atoms. The van der Waals surface area contributed by atoms with Gasteiger partial charge in [-0.3, -0.25) is 4.90 Å². The first-order valence-corrected chi connectivity index (χ1v) is 7.74. The van der Waals surface area contributed by atoms with Gasteiger partial charge in [0, 0.05) is 18.9 Å². The molecule has 19 heavy (non-hydrogen) atoms. The Balaban J connectivity index is 1.53. The number of H-pyrrole nitrogens is 1. The zero-order valence-corrected chi connectivity index (χ0v) is 11.6. The Labute approximate surface area is 115 Å². The van der Waals surface area contributed by atoms with E-state index in [4.69, 9.17) is 0 Å². The van der Waals surface area contributed by atoms with Crippen LogP contribution in [0.4, 0.5) is 0 Å². The highest BCUT2D eigenvalue weighted by Gasteiger charge is 2.30. The van der Waals surface area contributed by atoms with Crippen LogP contribution in [0, 0.1) is 5.92 Å². The third-order valence-corrected chi connectivity index (χ3v) is 4.72. The van der Waals surface area contributed by atoms with Crippen molar-refractivity contribution >= 4 is 0 Å². The molecule has 2 heterocycles. The van der Waals surface area contributed by atoms with Gasteiger partial charge < -0.3 is 10.1 Å². The molecule has 1 aromatic heterocycles. The minimum absolute atomic E-state index is 0.168. The number of aliphatic hydroxyl groups is 1. The summed E-state index contributed by atoms with van der Waals surface area (Å²) in [4.78, 5) is 10.0. The molecule has 4 nitrogen and oxygen atoms in total. The van der Waals surface area contributed by atoms with Crippen molar-refractivity contribution in [1.82, 2.24) is 14.9 Å². The first-order valence-electron chi connectivity index (χ1n) is 7.74. The Bertz CT molecular complexity index is 373. The third kappa shape index (κ3) is 3.18. The maximum Gasteiger partial charge on any atom is 0.123 e. The van der Waals surface area contributed by atoms with Gasteiger partial charge in [0.05, 0.1) is 12.1 Å². The SMILES string of the molecule is OC(CC1CCCC1)CN1CCCC1c1ncc[nH]1. The number of imidazole rings is 1. The highest BCUT2D eigenvalue weighted by atomic mass is 16.3. The molecular formula is C15H25N3O. The number of aliphatic hydroxyl groups excluding tert-OH is 1. The van der Waals surface area contributed by atoms with E-state index in [0.717, 1.165) is 37.7 Å². The molecule has 2 atom stereocenters. The number of nitrogens with zero attached hydrogens (tertiary/aromatic N) is 2. The Morgan fingerprint density at radius 1 is 1.32 bits per heavy atom. The second-order valence-electron chi connectivity index (χ2n) is 6.17. The molecule has 1 saturated carbocycles. The van der Waals surface area contributed by atoms with Gasteiger partial charge in [-0.1, -0.05) is 25.7 Å². The molecule has 2 N–H and O–H groups in total. The van der Waals surface area contributed by atoms with E-state index in [-0.39, 0.29) is 6.10 Å². The first kappa shape index (κ1) is 13.1. The molecule has 3 rings (SSSR count). The van der Waals surface area contributed by atoms with Crippen molar-refractivity contribution in [1.29, 1.82) is 0 Å². The van der Waals surface area contributed by atoms with E-state index in [0.29, 0.717) is 6.04 Å². The fourth-order valence-electron chi connectivity index (χ4n) is 3.79. The number of aromatic amines is 1. The predicted octanol–water partition coefficient (Wildman–Crippen LogP) is 2.49. The van der Waals surface area contributed by atoms with Crippen LogP contribution in [0.2, 0.25) is 0 Å². The van der Waals surface area contributed by atoms with Crippen LogP contribution in [-0.2, 0) is 0 Å². The summed E-state index contributed by atoms with van der Waals surface area (Å²) in [7, 11) is 0. The van der Waals surface area contributed by atoms with Gasteiger partial charge in [0.2, 0.25) is 0 Å². The van der Waals surface area contributed by atoms with E-state index < -0.39 is 0 Å². The molecule has 0 spiro atoms. The van der Waals surface area contributed by atoms with Crippen molar-refractivity contribution in [3.63, 3.8) is 0 Å². The Morgan fingerprint density at radius 3 is 2.89 bits per heavy atom. The predicted molar refractivity (Wildman–Crippen MR) is 74.7 cm³/mol. The molecule has 0 aromatic carbocycles. The molecule has 1 aliphatic carbocycles. The quantitative estimate of drug-likeness (QED) is 0.858. The van der Waals surface area contributed by atoms with Gasteiger partial charge in [0.1, 0.15) is 5.82 Å². The molecule has 2 unspecified atom stereocenters. The largest absolute Gasteiger partial charge is 0.392 e. The first-order chi connectivity index (χ1) is 9.33. The number of β-amino-alcohol motifs (C(OH)–C–C–N with tert-alkyl or cyclic N) is 1. The van der Waals surface area contributed by atoms with Crippen LogP contribution in [-0.4, -0.2) is 39.2 Å². The maximum absolute atomic E-state index is 10.3. The number of hydrogen-bond acceptors (Lipinski definition) is 3. The monoisotopic (exact) mass is 263 g/mol. The lowest BCUT2D eigenvalue weighted by Gasteiger charge is -2.26. The molecular weight excluding hydrogens is 238 g/mol. The van der Waals surface area contributed by atoms with Crippen molar-refractivity contribution in [3.8, 4) is 0 Å². The second kappa shape index (κ2) is 6.06. The highest BCUT2D eigenvalue weighted by molar-refractivity contribution is 4.99. The van der Waals surface area contributed by atoms with E-state index in [9.17, 15) is 5.11 Å². The van der Waals surface area contributed by atoms with Crippen LogP contribution in [0.15, 0.2) is 12.4 Å². The van der Waals surface area contributed by atoms with E-state index in [1.807, 2.05) is 12.4 Å². The number of aromatic nitrogens is 2. The minimum atomic E-state index is -0.168. The van der Waals surface area contributed by atoms with Crippen LogP contribution in [0.5, 0.6) is 0 Å². The Hall–Kier alpha value is -0.870. The fourth-order valence-corrected chi connectivity index (χ4v) is 3.79. The lowest BCUT2D eigenvalue weighted by molar-refractivity contribution is 0.0841. The summed E-state index contributed by atoms with van der Waals surface area (Å²) in [6.45, 7) is 1.90. The molecule has 1 aromatic rings. The minimum Gasteiger partial charge on any atom is -0.392 e. The molecule has 0 amide bonds. The average molecular weight is 263 g/mol. The summed E-state index contributed by atoms with van der Waals surface area (Å²) in [6, 6.07) is 0.383. The van der Waals surface area contributed by atoms with E-state index in [2.05, 4.69) is 14.9 Å². The zero-order chi connectivity index (χ0) is 13.1. The van der Waals surface area contributed by atoms with E-state index >= 15 is 0 Å². The average Bonchev–Trinajstić information content (AvgIpc) is 3.09. The molecule has 1 saturated heterocycles. The normalized spacial score (nSPS) is 27.1. The number of likely N-dealkylation sites (tertiary alicyclic amines) is 1. The van der Waals surface area contributed by atoms with Gasteiger partial charge in [0.15, 0.2) is 0 Å². The second-order valence-corrected chi connectivity index (χ2v) is 6.17. The number of nitrogens with one attached hydrogen (secondary N) is 1. The molecule has 2 fully saturated rings. The van der Waals surface area contributed by atoms with Crippen LogP contribution < -0.4 is 0 Å². The van der Waals surface area contributed by atoms with Gasteiger partial charge in [-0.25, -0.2) is 4.98 Å². The standard InChI is InChI=1S/C15H25N3O/c19-13(10-12-4-1-2-5-12)11-18-9-3-6-14(18)15-16-7-8-17-15/h7-8,12-14,19H,1-6,9-11H2,(H,16,17). The molecule has 4 heteroatoms. The summed E-state index contributed by atoms with van der Waals surface area (Å²) in [5, 5.41) is 10.3. The van der Waals surface area contributed by atoms with Crippen molar-refractivity contribution in [3.05, 3.63) is 18.2 Å². The van der Waals surface area contributed by atoms with Crippen molar-refractivity contribution in [2.45, 2.75) is 57.1 Å². The Kier molecular flexibility index (Phi) is 4.18. The highest BCUT2D eigenvalue weighted by Crippen LogP contribution is 2.32. The maximum atomic E-state index is 10.3. The number of rotatable bonds is 5. The molecule has 1 aliphatic heterocycles. The Morgan fingerprint density at radius 2 is 2.16 bits per heavy atom. The van der Waals surface area contributed by atoms with Crippen LogP contribution >= 0.6 is 0 Å². The fraction of sp³-hybridized carbons (Fsp3) is 0.800. The lowest BCUT2D eigenvalue weighted by atomic mass is 9.99. The van der Waals surface area contributed by atoms with Crippen molar-refractivity contribution in [2.24, 2.45) is 5.92 Å². The van der Waals surface area contributed by atoms with Gasteiger partial charge in [0.25, 0.3) is 0 Å². The van der Waals surface area contributed by atoms with E-state index in [1.165, 1.54) is 32.1 Å². The van der Waals surface area contributed by atoms with Gasteiger partial charge in [-0.15, -0.1) is 0 Å². The van der Waals surface area contributed by atoms with Crippen LogP contribution in [0.1, 0.15) is 56.8 Å². The topological polar surface area (TPSA) is 52.1 Å². The summed E-state index contributed by atoms with van der Waals surface area (Å²) in [5.41, 5.74) is 0. The molecule has 106 valence electrons. The molecule has 2 aliphatic rings. The number of hydrogen-bond donors (Lipinski definition) is 2. The van der Waals surface area contributed by atoms with Gasteiger partial charge in [-0.2, -0.15) is 0 Å². The van der Waals surface area contributed by atoms with Crippen molar-refractivity contribution < 1.29 is 5.11 Å². The van der Waals surface area contributed by atoms with E-state index in [1.54, 1.807) is 0 Å². The summed E-state index contributed by atoms with van der Waals surface area (Å²) in [6.07, 6.45) is 12.2.